The molecule has 1 saturated heterocycles. The number of likely N-dealkylation sites (tertiary alicyclic amines) is 1. The predicted octanol–water partition coefficient (Wildman–Crippen LogP) is 2.06. The number of amides is 1. The van der Waals surface area contributed by atoms with Gasteiger partial charge in [0.25, 0.3) is 0 Å². The van der Waals surface area contributed by atoms with Crippen LogP contribution in [0.3, 0.4) is 0 Å². The molecule has 1 amide bonds. The second-order valence-corrected chi connectivity index (χ2v) is 7.36. The molecule has 0 saturated carbocycles. The molecule has 1 heterocycles. The van der Waals surface area contributed by atoms with Gasteiger partial charge in [-0.2, -0.15) is 0 Å². The fourth-order valence-corrected chi connectivity index (χ4v) is 3.49. The number of carbonyl (C=O) groups is 1. The molecule has 1 aromatic carbocycles. The molecule has 2 N–H and O–H groups in total. The van der Waals surface area contributed by atoms with E-state index in [0.29, 0.717) is 12.3 Å². The van der Waals surface area contributed by atoms with E-state index in [1.807, 2.05) is 7.05 Å². The Kier molecular flexibility index (Phi) is 8.58. The lowest BCUT2D eigenvalue weighted by Crippen LogP contribution is -2.45. The smallest absolute Gasteiger partial charge is 0.220 e. The van der Waals surface area contributed by atoms with Gasteiger partial charge in [0.15, 0.2) is 5.96 Å². The summed E-state index contributed by atoms with van der Waals surface area (Å²) < 4.78 is 0. The van der Waals surface area contributed by atoms with E-state index < -0.39 is 0 Å². The standard InChI is InChI=1S/C21H35N5O/c1-5-25(4)16-19-8-6-7-18(13-19)15-24-21(23-3)26-11-9-17(10-12-26)14-20(27)22-2/h6-8,13,17H,5,9-12,14-16H2,1-4H3,(H,22,27)(H,23,24). The number of guanidine groups is 1. The molecular formula is C21H35N5O. The molecule has 1 aliphatic heterocycles. The summed E-state index contributed by atoms with van der Waals surface area (Å²) in [6.45, 7) is 6.86. The van der Waals surface area contributed by atoms with Crippen LogP contribution in [0.4, 0.5) is 0 Å². The second kappa shape index (κ2) is 10.9. The Balaban J connectivity index is 1.84. The van der Waals surface area contributed by atoms with Crippen LogP contribution in [0.5, 0.6) is 0 Å². The molecule has 0 atom stereocenters. The largest absolute Gasteiger partial charge is 0.359 e. The van der Waals surface area contributed by atoms with E-state index in [-0.39, 0.29) is 5.91 Å². The van der Waals surface area contributed by atoms with Crippen LogP contribution in [0.2, 0.25) is 0 Å². The van der Waals surface area contributed by atoms with Crippen molar-refractivity contribution in [2.75, 3.05) is 40.8 Å². The van der Waals surface area contributed by atoms with E-state index in [1.165, 1.54) is 11.1 Å². The van der Waals surface area contributed by atoms with E-state index in [1.54, 1.807) is 7.05 Å². The van der Waals surface area contributed by atoms with Gasteiger partial charge in [0.1, 0.15) is 0 Å². The average Bonchev–Trinajstić information content (AvgIpc) is 2.69. The van der Waals surface area contributed by atoms with E-state index >= 15 is 0 Å². The lowest BCUT2D eigenvalue weighted by atomic mass is 9.93. The molecular weight excluding hydrogens is 338 g/mol. The van der Waals surface area contributed by atoms with E-state index in [0.717, 1.165) is 51.5 Å². The van der Waals surface area contributed by atoms with Crippen molar-refractivity contribution in [3.05, 3.63) is 35.4 Å². The summed E-state index contributed by atoms with van der Waals surface area (Å²) >= 11 is 0. The Hall–Kier alpha value is -2.08. The Morgan fingerprint density at radius 3 is 2.63 bits per heavy atom. The lowest BCUT2D eigenvalue weighted by molar-refractivity contribution is -0.121. The van der Waals surface area contributed by atoms with Gasteiger partial charge in [-0.1, -0.05) is 31.2 Å². The molecule has 0 unspecified atom stereocenters. The van der Waals surface area contributed by atoms with Crippen molar-refractivity contribution in [1.82, 2.24) is 20.4 Å². The zero-order chi connectivity index (χ0) is 19.6. The number of carbonyl (C=O) groups excluding carboxylic acids is 1. The zero-order valence-corrected chi connectivity index (χ0v) is 17.3. The van der Waals surface area contributed by atoms with Gasteiger partial charge in [0.05, 0.1) is 0 Å². The van der Waals surface area contributed by atoms with Crippen molar-refractivity contribution in [2.45, 2.75) is 39.3 Å². The van der Waals surface area contributed by atoms with Gasteiger partial charge >= 0.3 is 0 Å². The van der Waals surface area contributed by atoms with Crippen LogP contribution in [-0.4, -0.2) is 62.4 Å². The molecule has 1 aliphatic rings. The summed E-state index contributed by atoms with van der Waals surface area (Å²) in [5.41, 5.74) is 2.61. The van der Waals surface area contributed by atoms with Crippen LogP contribution >= 0.6 is 0 Å². The highest BCUT2D eigenvalue weighted by Crippen LogP contribution is 2.20. The first-order valence-corrected chi connectivity index (χ1v) is 9.98. The highest BCUT2D eigenvalue weighted by Gasteiger charge is 2.22. The number of hydrogen-bond acceptors (Lipinski definition) is 3. The fraction of sp³-hybridized carbons (Fsp3) is 0.619. The first-order valence-electron chi connectivity index (χ1n) is 9.98. The van der Waals surface area contributed by atoms with Gasteiger partial charge in [-0.25, -0.2) is 0 Å². The SMILES string of the molecule is CCN(C)Cc1cccc(CNC(=NC)N2CCC(CC(=O)NC)CC2)c1. The minimum atomic E-state index is 0.143. The minimum absolute atomic E-state index is 0.143. The summed E-state index contributed by atoms with van der Waals surface area (Å²) in [7, 11) is 5.69. The Bertz CT molecular complexity index is 623. The highest BCUT2D eigenvalue weighted by atomic mass is 16.1. The van der Waals surface area contributed by atoms with Crippen molar-refractivity contribution in [1.29, 1.82) is 0 Å². The highest BCUT2D eigenvalue weighted by molar-refractivity contribution is 5.80. The van der Waals surface area contributed by atoms with E-state index in [2.05, 4.69) is 63.7 Å². The number of aliphatic imine (C=N–C) groups is 1. The van der Waals surface area contributed by atoms with Crippen LogP contribution < -0.4 is 10.6 Å². The van der Waals surface area contributed by atoms with Crippen molar-refractivity contribution >= 4 is 11.9 Å². The lowest BCUT2D eigenvalue weighted by Gasteiger charge is -2.34. The van der Waals surface area contributed by atoms with Crippen LogP contribution in [0.1, 0.15) is 37.3 Å². The molecule has 0 radical (unpaired) electrons. The van der Waals surface area contributed by atoms with Crippen molar-refractivity contribution in [2.24, 2.45) is 10.9 Å². The van der Waals surface area contributed by atoms with Gasteiger partial charge < -0.3 is 20.4 Å². The number of hydrogen-bond donors (Lipinski definition) is 2. The monoisotopic (exact) mass is 373 g/mol. The topological polar surface area (TPSA) is 60.0 Å². The minimum Gasteiger partial charge on any atom is -0.359 e. The summed E-state index contributed by atoms with van der Waals surface area (Å²) in [4.78, 5) is 20.6. The van der Waals surface area contributed by atoms with E-state index in [9.17, 15) is 4.79 Å². The maximum atomic E-state index is 11.6. The van der Waals surface area contributed by atoms with Crippen molar-refractivity contribution < 1.29 is 4.79 Å². The fourth-order valence-electron chi connectivity index (χ4n) is 3.49. The molecule has 1 aromatic rings. The maximum Gasteiger partial charge on any atom is 0.220 e. The molecule has 6 heteroatoms. The van der Waals surface area contributed by atoms with E-state index in [4.69, 9.17) is 0 Å². The number of benzene rings is 1. The van der Waals surface area contributed by atoms with Crippen LogP contribution in [0.15, 0.2) is 29.3 Å². The molecule has 27 heavy (non-hydrogen) atoms. The normalized spacial score (nSPS) is 15.9. The Morgan fingerprint density at radius 2 is 2.00 bits per heavy atom. The third-order valence-electron chi connectivity index (χ3n) is 5.31. The first-order chi connectivity index (χ1) is 13.0. The molecule has 6 nitrogen and oxygen atoms in total. The molecule has 0 spiro atoms. The maximum absolute atomic E-state index is 11.6. The average molecular weight is 374 g/mol. The van der Waals surface area contributed by atoms with Gasteiger partial charge in [-0.3, -0.25) is 9.79 Å². The van der Waals surface area contributed by atoms with Gasteiger partial charge in [0.2, 0.25) is 5.91 Å². The molecule has 0 aromatic heterocycles. The Labute approximate surface area is 164 Å². The Morgan fingerprint density at radius 1 is 1.30 bits per heavy atom. The van der Waals surface area contributed by atoms with Crippen LogP contribution in [0.25, 0.3) is 0 Å². The third kappa shape index (κ3) is 6.86. The summed E-state index contributed by atoms with van der Waals surface area (Å²) in [5.74, 6) is 1.57. The van der Waals surface area contributed by atoms with Crippen molar-refractivity contribution in [3.63, 3.8) is 0 Å². The second-order valence-electron chi connectivity index (χ2n) is 7.36. The summed E-state index contributed by atoms with van der Waals surface area (Å²) in [6.07, 6.45) is 2.70. The van der Waals surface area contributed by atoms with Gasteiger partial charge in [-0.15, -0.1) is 0 Å². The third-order valence-corrected chi connectivity index (χ3v) is 5.31. The molecule has 1 fully saturated rings. The molecule has 2 rings (SSSR count). The number of nitrogens with zero attached hydrogens (tertiary/aromatic N) is 3. The quantitative estimate of drug-likeness (QED) is 0.567. The molecule has 150 valence electrons. The van der Waals surface area contributed by atoms with Crippen molar-refractivity contribution in [3.8, 4) is 0 Å². The van der Waals surface area contributed by atoms with Gasteiger partial charge in [0, 0.05) is 46.7 Å². The first kappa shape index (κ1) is 21.2. The van der Waals surface area contributed by atoms with Gasteiger partial charge in [-0.05, 0) is 43.5 Å². The summed E-state index contributed by atoms with van der Waals surface area (Å²) in [5, 5.41) is 6.22. The van der Waals surface area contributed by atoms with Crippen LogP contribution in [-0.2, 0) is 17.9 Å². The number of rotatable bonds is 7. The van der Waals surface area contributed by atoms with Crippen LogP contribution in [0, 0.1) is 5.92 Å². The number of piperidine rings is 1. The zero-order valence-electron chi connectivity index (χ0n) is 17.3. The predicted molar refractivity (Wildman–Crippen MR) is 112 cm³/mol. The number of nitrogens with one attached hydrogen (secondary N) is 2. The molecule has 0 bridgehead atoms. The summed E-state index contributed by atoms with van der Waals surface area (Å²) in [6, 6.07) is 8.73. The molecule has 0 aliphatic carbocycles.